The Morgan fingerprint density at radius 1 is 1.20 bits per heavy atom. The summed E-state index contributed by atoms with van der Waals surface area (Å²) in [5, 5.41) is 10.6. The lowest BCUT2D eigenvalue weighted by Gasteiger charge is -2.33. The van der Waals surface area contributed by atoms with E-state index in [-0.39, 0.29) is 6.10 Å². The molecular weight excluding hydrogens is 275 g/mol. The van der Waals surface area contributed by atoms with Gasteiger partial charge < -0.3 is 19.5 Å². The number of carboxylic acid groups (broad SMARTS) is 1. The van der Waals surface area contributed by atoms with Crippen molar-refractivity contribution in [3.05, 3.63) is 29.8 Å². The Morgan fingerprint density at radius 3 is 2.20 bits per heavy atom. The molecule has 1 aliphatic rings. The van der Waals surface area contributed by atoms with Gasteiger partial charge in [0.15, 0.2) is 0 Å². The third-order valence-corrected chi connectivity index (χ3v) is 3.18. The standard InChI is InChI=1S/C13H14F3NO3/c14-13(15,16)9-1-3-10(4-2-9)20-11-5-7-17(8-6-11)12(18)19/h1-4,11H,5-8H2,(H,18,19)/p-1. The lowest BCUT2D eigenvalue weighted by atomic mass is 10.1. The molecule has 110 valence electrons. The molecule has 0 radical (unpaired) electrons. The van der Waals surface area contributed by atoms with Crippen LogP contribution in [0.15, 0.2) is 24.3 Å². The highest BCUT2D eigenvalue weighted by atomic mass is 19.4. The number of carbonyl (C=O) groups excluding carboxylic acids is 1. The van der Waals surface area contributed by atoms with E-state index in [0.29, 0.717) is 31.7 Å². The molecule has 20 heavy (non-hydrogen) atoms. The molecule has 0 unspecified atom stereocenters. The second-order valence-electron chi connectivity index (χ2n) is 4.59. The van der Waals surface area contributed by atoms with E-state index in [1.54, 1.807) is 0 Å². The van der Waals surface area contributed by atoms with E-state index in [1.807, 2.05) is 0 Å². The number of halogens is 3. The van der Waals surface area contributed by atoms with Gasteiger partial charge in [-0.15, -0.1) is 0 Å². The second kappa shape index (κ2) is 5.60. The molecule has 0 atom stereocenters. The molecule has 1 fully saturated rings. The van der Waals surface area contributed by atoms with Crippen molar-refractivity contribution >= 4 is 6.09 Å². The van der Waals surface area contributed by atoms with Gasteiger partial charge in [-0.2, -0.15) is 13.2 Å². The first-order chi connectivity index (χ1) is 9.36. The minimum Gasteiger partial charge on any atom is -0.530 e. The molecule has 0 saturated carbocycles. The fourth-order valence-electron chi connectivity index (χ4n) is 2.07. The van der Waals surface area contributed by atoms with Crippen molar-refractivity contribution in [2.45, 2.75) is 25.1 Å². The van der Waals surface area contributed by atoms with Gasteiger partial charge in [-0.1, -0.05) is 0 Å². The SMILES string of the molecule is O=C([O-])N1CCC(Oc2ccc(C(F)(F)F)cc2)CC1. The molecular formula is C13H13F3NO3-. The molecule has 2 rings (SSSR count). The summed E-state index contributed by atoms with van der Waals surface area (Å²) < 4.78 is 42.7. The van der Waals surface area contributed by atoms with Crippen molar-refractivity contribution in [3.8, 4) is 5.75 Å². The van der Waals surface area contributed by atoms with Gasteiger partial charge in [-0.05, 0) is 24.3 Å². The number of hydrogen-bond donors (Lipinski definition) is 0. The number of rotatable bonds is 2. The van der Waals surface area contributed by atoms with Gasteiger partial charge in [0, 0.05) is 25.9 Å². The smallest absolute Gasteiger partial charge is 0.416 e. The summed E-state index contributed by atoms with van der Waals surface area (Å²) in [5.41, 5.74) is -0.725. The van der Waals surface area contributed by atoms with Crippen molar-refractivity contribution in [2.24, 2.45) is 0 Å². The zero-order valence-electron chi connectivity index (χ0n) is 10.5. The van der Waals surface area contributed by atoms with Crippen LogP contribution in [0, 0.1) is 0 Å². The number of benzene rings is 1. The van der Waals surface area contributed by atoms with Crippen LogP contribution >= 0.6 is 0 Å². The number of likely N-dealkylation sites (tertiary alicyclic amines) is 1. The van der Waals surface area contributed by atoms with Crippen LogP contribution in [-0.2, 0) is 6.18 Å². The zero-order valence-corrected chi connectivity index (χ0v) is 10.5. The monoisotopic (exact) mass is 288 g/mol. The summed E-state index contributed by atoms with van der Waals surface area (Å²) in [6.07, 6.45) is -4.78. The lowest BCUT2D eigenvalue weighted by molar-refractivity contribution is -0.266. The lowest BCUT2D eigenvalue weighted by Crippen LogP contribution is -2.47. The van der Waals surface area contributed by atoms with Crippen molar-refractivity contribution in [1.29, 1.82) is 0 Å². The number of ether oxygens (including phenoxy) is 1. The first kappa shape index (κ1) is 14.5. The van der Waals surface area contributed by atoms with Gasteiger partial charge in [-0.25, -0.2) is 0 Å². The average Bonchev–Trinajstić information content (AvgIpc) is 2.39. The van der Waals surface area contributed by atoms with Crippen LogP contribution in [0.5, 0.6) is 5.75 Å². The fourth-order valence-corrected chi connectivity index (χ4v) is 2.07. The van der Waals surface area contributed by atoms with E-state index in [2.05, 4.69) is 0 Å². The van der Waals surface area contributed by atoms with Crippen molar-refractivity contribution in [2.75, 3.05) is 13.1 Å². The maximum absolute atomic E-state index is 12.4. The fraction of sp³-hybridized carbons (Fsp3) is 0.462. The highest BCUT2D eigenvalue weighted by molar-refractivity contribution is 5.62. The van der Waals surface area contributed by atoms with Crippen LogP contribution < -0.4 is 9.84 Å². The average molecular weight is 288 g/mol. The highest BCUT2D eigenvalue weighted by Crippen LogP contribution is 2.30. The molecule has 7 heteroatoms. The Bertz CT molecular complexity index is 465. The van der Waals surface area contributed by atoms with Gasteiger partial charge in [0.25, 0.3) is 0 Å². The number of amides is 1. The molecule has 0 spiro atoms. The summed E-state index contributed by atoms with van der Waals surface area (Å²) in [4.78, 5) is 11.8. The Hall–Kier alpha value is -1.92. The summed E-state index contributed by atoms with van der Waals surface area (Å²) in [7, 11) is 0. The maximum Gasteiger partial charge on any atom is 0.416 e. The maximum atomic E-state index is 12.4. The third-order valence-electron chi connectivity index (χ3n) is 3.18. The quantitative estimate of drug-likeness (QED) is 0.835. The molecule has 1 aliphatic heterocycles. The molecule has 4 nitrogen and oxygen atoms in total. The van der Waals surface area contributed by atoms with Crippen LogP contribution in [0.25, 0.3) is 0 Å². The van der Waals surface area contributed by atoms with E-state index < -0.39 is 17.8 Å². The largest absolute Gasteiger partial charge is 0.530 e. The normalized spacial score (nSPS) is 17.1. The predicted molar refractivity (Wildman–Crippen MR) is 62.1 cm³/mol. The van der Waals surface area contributed by atoms with Gasteiger partial charge in [0.1, 0.15) is 17.9 Å². The Kier molecular flexibility index (Phi) is 4.06. The van der Waals surface area contributed by atoms with Crippen LogP contribution in [0.4, 0.5) is 18.0 Å². The van der Waals surface area contributed by atoms with Crippen molar-refractivity contribution in [3.63, 3.8) is 0 Å². The van der Waals surface area contributed by atoms with Crippen LogP contribution in [0.2, 0.25) is 0 Å². The second-order valence-corrected chi connectivity index (χ2v) is 4.59. The van der Waals surface area contributed by atoms with Gasteiger partial charge in [0.05, 0.1) is 5.56 Å². The summed E-state index contributed by atoms with van der Waals surface area (Å²) in [5.74, 6) is 0.352. The first-order valence-corrected chi connectivity index (χ1v) is 6.16. The van der Waals surface area contributed by atoms with Gasteiger partial charge >= 0.3 is 6.18 Å². The number of hydrogen-bond acceptors (Lipinski definition) is 3. The summed E-state index contributed by atoms with van der Waals surface area (Å²) >= 11 is 0. The minimum atomic E-state index is -4.36. The van der Waals surface area contributed by atoms with Gasteiger partial charge in [-0.3, -0.25) is 0 Å². The molecule has 1 saturated heterocycles. The molecule has 1 heterocycles. The Labute approximate surface area is 113 Å². The van der Waals surface area contributed by atoms with E-state index >= 15 is 0 Å². The van der Waals surface area contributed by atoms with E-state index in [9.17, 15) is 23.1 Å². The molecule has 0 aromatic heterocycles. The van der Waals surface area contributed by atoms with Crippen LogP contribution in [-0.4, -0.2) is 30.2 Å². The predicted octanol–water partition coefficient (Wildman–Crippen LogP) is 1.89. The molecule has 0 aliphatic carbocycles. The van der Waals surface area contributed by atoms with E-state index in [1.165, 1.54) is 17.0 Å². The van der Waals surface area contributed by atoms with E-state index in [4.69, 9.17) is 4.74 Å². The number of alkyl halides is 3. The zero-order chi connectivity index (χ0) is 14.8. The summed E-state index contributed by atoms with van der Waals surface area (Å²) in [6, 6.07) is 4.47. The molecule has 0 N–H and O–H groups in total. The van der Waals surface area contributed by atoms with Crippen LogP contribution in [0.1, 0.15) is 18.4 Å². The topological polar surface area (TPSA) is 52.6 Å². The molecule has 1 aromatic carbocycles. The van der Waals surface area contributed by atoms with Crippen LogP contribution in [0.3, 0.4) is 0 Å². The summed E-state index contributed by atoms with van der Waals surface area (Å²) in [6.45, 7) is 0.626. The Balaban J connectivity index is 1.90. The molecule has 0 bridgehead atoms. The third kappa shape index (κ3) is 3.55. The van der Waals surface area contributed by atoms with Gasteiger partial charge in [0.2, 0.25) is 0 Å². The molecule has 1 aromatic rings. The van der Waals surface area contributed by atoms with Crippen molar-refractivity contribution in [1.82, 2.24) is 4.90 Å². The Morgan fingerprint density at radius 2 is 1.75 bits per heavy atom. The molecule has 1 amide bonds. The van der Waals surface area contributed by atoms with Crippen molar-refractivity contribution < 1.29 is 27.8 Å². The van der Waals surface area contributed by atoms with E-state index in [0.717, 1.165) is 12.1 Å². The number of carbonyl (C=O) groups is 1. The number of nitrogens with zero attached hydrogens (tertiary/aromatic N) is 1. The highest BCUT2D eigenvalue weighted by Gasteiger charge is 2.30. The minimum absolute atomic E-state index is 0.192. The number of piperidine rings is 1. The first-order valence-electron chi connectivity index (χ1n) is 6.16.